The Balaban J connectivity index is 1.85. The fourth-order valence-corrected chi connectivity index (χ4v) is 6.44. The minimum absolute atomic E-state index is 0.0642. The van der Waals surface area contributed by atoms with Crippen molar-refractivity contribution in [2.24, 2.45) is 0 Å². The minimum Gasteiger partial charge on any atom is -0.386 e. The second kappa shape index (κ2) is 9.00. The Bertz CT molecular complexity index is 1160. The Morgan fingerprint density at radius 3 is 2.44 bits per heavy atom. The summed E-state index contributed by atoms with van der Waals surface area (Å²) in [6, 6.07) is 0. The summed E-state index contributed by atoms with van der Waals surface area (Å²) >= 11 is 4.02. The van der Waals surface area contributed by atoms with Gasteiger partial charge in [-0.05, 0) is 6.92 Å². The van der Waals surface area contributed by atoms with Crippen molar-refractivity contribution in [1.82, 2.24) is 19.5 Å². The van der Waals surface area contributed by atoms with Crippen LogP contribution in [-0.2, 0) is 31.6 Å². The maximum atomic E-state index is 12.2. The molecular weight excluding hydrogens is 519 g/mol. The van der Waals surface area contributed by atoms with Gasteiger partial charge in [-0.2, -0.15) is 21.3 Å². The molecule has 0 aromatic carbocycles. The number of hydrogen-bond donors (Lipinski definition) is 7. The van der Waals surface area contributed by atoms with Crippen LogP contribution in [0.1, 0.15) is 12.1 Å². The zero-order valence-electron chi connectivity index (χ0n) is 15.8. The highest BCUT2D eigenvalue weighted by molar-refractivity contribution is 7.80. The molecule has 1 aliphatic rings. The Kier molecular flexibility index (Phi) is 7.21. The monoisotopic (exact) mass is 537 g/mol. The van der Waals surface area contributed by atoms with Crippen molar-refractivity contribution in [2.45, 2.75) is 31.5 Å². The van der Waals surface area contributed by atoms with Crippen molar-refractivity contribution in [1.29, 1.82) is 0 Å². The maximum Gasteiger partial charge on any atom is 0.490 e. The van der Waals surface area contributed by atoms with Crippen molar-refractivity contribution in [3.05, 3.63) is 12.2 Å². The van der Waals surface area contributed by atoms with Gasteiger partial charge in [-0.25, -0.2) is 28.6 Å². The van der Waals surface area contributed by atoms with Gasteiger partial charge in [0.1, 0.15) is 23.5 Å². The molecule has 7 N–H and O–H groups in total. The number of nitrogen functional groups attached to an aromatic ring is 1. The van der Waals surface area contributed by atoms with Gasteiger partial charge in [-0.1, -0.05) is 0 Å². The van der Waals surface area contributed by atoms with Crippen molar-refractivity contribution in [2.75, 3.05) is 11.5 Å². The highest BCUT2D eigenvalue weighted by Gasteiger charge is 2.50. The normalized spacial score (nSPS) is 28.0. The van der Waals surface area contributed by atoms with E-state index in [2.05, 4.69) is 36.2 Å². The van der Waals surface area contributed by atoms with E-state index in [1.54, 1.807) is 6.92 Å². The number of ether oxygens (including phenoxy) is 1. The van der Waals surface area contributed by atoms with Gasteiger partial charge in [0.2, 0.25) is 0 Å². The third-order valence-electron chi connectivity index (χ3n) is 3.99. The van der Waals surface area contributed by atoms with Gasteiger partial charge in [-0.15, -0.1) is 0 Å². The smallest absolute Gasteiger partial charge is 0.386 e. The third kappa shape index (κ3) is 5.74. The topological polar surface area (TPSA) is 259 Å². The zero-order chi connectivity index (χ0) is 24.1. The molecule has 2 aromatic rings. The lowest BCUT2D eigenvalue weighted by Crippen LogP contribution is -2.34. The first-order valence-corrected chi connectivity index (χ1v) is 13.5. The van der Waals surface area contributed by atoms with Crippen LogP contribution in [0, 0.1) is 6.92 Å². The van der Waals surface area contributed by atoms with E-state index in [1.165, 1.54) is 10.9 Å². The number of fused-ring (bicyclic) bond motifs is 1. The number of imidazole rings is 1. The molecule has 6 atom stereocenters. The molecule has 2 aromatic heterocycles. The second-order valence-corrected chi connectivity index (χ2v) is 11.1. The number of aromatic nitrogens is 4. The molecule has 3 heterocycles. The van der Waals surface area contributed by atoms with E-state index in [4.69, 9.17) is 24.8 Å². The lowest BCUT2D eigenvalue weighted by atomic mass is 10.1. The highest BCUT2D eigenvalue weighted by Crippen LogP contribution is 2.67. The molecule has 3 rings (SSSR count). The molecular formula is C11H18N5O12P3S. The molecule has 0 spiro atoms. The predicted octanol–water partition coefficient (Wildman–Crippen LogP) is -0.383. The van der Waals surface area contributed by atoms with Gasteiger partial charge in [0.05, 0.1) is 12.4 Å². The number of thiol groups is 1. The number of phosphoric ester groups is 1. The van der Waals surface area contributed by atoms with Crippen molar-refractivity contribution in [3.8, 4) is 0 Å². The Hall–Kier alpha value is -0.970. The van der Waals surface area contributed by atoms with E-state index in [9.17, 15) is 28.6 Å². The Morgan fingerprint density at radius 2 is 1.84 bits per heavy atom. The van der Waals surface area contributed by atoms with E-state index in [0.29, 0.717) is 5.82 Å². The summed E-state index contributed by atoms with van der Waals surface area (Å²) in [6.07, 6.45) is -4.54. The number of nitrogens with zero attached hydrogens (tertiary/aromatic N) is 4. The number of nitrogens with two attached hydrogens (primary N) is 1. The number of aryl methyl sites for hydroxylation is 1. The van der Waals surface area contributed by atoms with Gasteiger partial charge in [0.15, 0.2) is 17.7 Å². The van der Waals surface area contributed by atoms with Crippen molar-refractivity contribution >= 4 is 53.1 Å². The summed E-state index contributed by atoms with van der Waals surface area (Å²) in [5, 5.41) is 10.7. The second-order valence-electron chi connectivity index (χ2n) is 6.38. The molecule has 1 aliphatic heterocycles. The number of aliphatic hydroxyl groups excluding tert-OH is 1. The maximum absolute atomic E-state index is 12.2. The van der Waals surface area contributed by atoms with Crippen LogP contribution in [0.5, 0.6) is 0 Å². The third-order valence-corrected chi connectivity index (χ3v) is 8.19. The predicted molar refractivity (Wildman–Crippen MR) is 107 cm³/mol. The van der Waals surface area contributed by atoms with Crippen LogP contribution >= 0.6 is 36.1 Å². The molecule has 2 unspecified atom stereocenters. The summed E-state index contributed by atoms with van der Waals surface area (Å²) in [5.41, 5.74) is 6.17. The summed E-state index contributed by atoms with van der Waals surface area (Å²) in [7, 11) is -16.8. The SMILES string of the molecule is Cc1nc(N)c2ncn([C@@H]3O[C@H](CS)[C@@H](OP(=O)(O)OP(=O)(O)OP(=O)(O)O)[C@H]3O)c2n1. The van der Waals surface area contributed by atoms with Crippen LogP contribution in [0.15, 0.2) is 6.33 Å². The number of anilines is 1. The van der Waals surface area contributed by atoms with Crippen LogP contribution < -0.4 is 5.73 Å². The van der Waals surface area contributed by atoms with E-state index in [0.717, 1.165) is 0 Å². The molecule has 17 nitrogen and oxygen atoms in total. The fourth-order valence-electron chi connectivity index (χ4n) is 2.92. The molecule has 180 valence electrons. The lowest BCUT2D eigenvalue weighted by Gasteiger charge is -2.23. The number of aliphatic hydroxyl groups is 1. The highest BCUT2D eigenvalue weighted by atomic mass is 32.1. The van der Waals surface area contributed by atoms with Crippen LogP contribution in [-0.4, -0.2) is 68.3 Å². The average molecular weight is 537 g/mol. The fraction of sp³-hybridized carbons (Fsp3) is 0.545. The molecule has 0 aliphatic carbocycles. The van der Waals surface area contributed by atoms with Crippen molar-refractivity contribution < 1.29 is 56.3 Å². The first-order chi connectivity index (χ1) is 14.6. The average Bonchev–Trinajstić information content (AvgIpc) is 3.13. The first-order valence-electron chi connectivity index (χ1n) is 8.36. The number of hydrogen-bond acceptors (Lipinski definition) is 13. The largest absolute Gasteiger partial charge is 0.490 e. The van der Waals surface area contributed by atoms with Crippen molar-refractivity contribution in [3.63, 3.8) is 0 Å². The summed E-state index contributed by atoms with van der Waals surface area (Å²) in [4.78, 5) is 48.4. The van der Waals surface area contributed by atoms with Gasteiger partial charge in [-0.3, -0.25) is 9.09 Å². The van der Waals surface area contributed by atoms with Crippen LogP contribution in [0.2, 0.25) is 0 Å². The van der Waals surface area contributed by atoms with E-state index < -0.39 is 48.0 Å². The summed E-state index contributed by atoms with van der Waals surface area (Å²) in [6.45, 7) is 1.56. The molecule has 1 fully saturated rings. The van der Waals surface area contributed by atoms with Crippen LogP contribution in [0.3, 0.4) is 0 Å². The first kappa shape index (κ1) is 25.6. The Labute approximate surface area is 184 Å². The molecule has 21 heteroatoms. The molecule has 0 bridgehead atoms. The van der Waals surface area contributed by atoms with Crippen LogP contribution in [0.25, 0.3) is 11.2 Å². The lowest BCUT2D eigenvalue weighted by molar-refractivity contribution is -0.0288. The quantitative estimate of drug-likeness (QED) is 0.167. The summed E-state index contributed by atoms with van der Waals surface area (Å²) < 4.78 is 53.4. The summed E-state index contributed by atoms with van der Waals surface area (Å²) in [5.74, 6) is 0.200. The molecule has 0 radical (unpaired) electrons. The van der Waals surface area contributed by atoms with Gasteiger partial charge >= 0.3 is 23.5 Å². The number of rotatable bonds is 8. The van der Waals surface area contributed by atoms with Gasteiger partial charge in [0.25, 0.3) is 0 Å². The Morgan fingerprint density at radius 1 is 1.19 bits per heavy atom. The van der Waals surface area contributed by atoms with E-state index in [-0.39, 0.29) is 22.7 Å². The minimum atomic E-state index is -5.74. The van der Waals surface area contributed by atoms with E-state index in [1.807, 2.05) is 0 Å². The molecule has 1 saturated heterocycles. The van der Waals surface area contributed by atoms with Gasteiger partial charge in [0, 0.05) is 5.75 Å². The zero-order valence-corrected chi connectivity index (χ0v) is 19.4. The van der Waals surface area contributed by atoms with E-state index >= 15 is 0 Å². The molecule has 0 saturated carbocycles. The standard InChI is InChI=1S/C11H18N5O12P3S/c1-4-14-9(12)6-10(15-4)16(3-13-6)11-7(17)8(5(2-32)25-11)26-30(21,22)28-31(23,24)27-29(18,19)20/h3,5,7-8,11,17,32H,2H2,1H3,(H,21,22)(H,23,24)(H2,12,14,15)(H2,18,19,20)/t5-,7-,8-,11-/m1/s1. The number of phosphoric acid groups is 3. The molecule has 32 heavy (non-hydrogen) atoms. The van der Waals surface area contributed by atoms with Crippen LogP contribution in [0.4, 0.5) is 5.82 Å². The van der Waals surface area contributed by atoms with Gasteiger partial charge < -0.3 is 35.2 Å². The molecule has 0 amide bonds.